The van der Waals surface area contributed by atoms with E-state index < -0.39 is 49.1 Å². The van der Waals surface area contributed by atoms with Crippen LogP contribution in [-0.2, 0) is 0 Å². The first-order valence-corrected chi connectivity index (χ1v) is 5.87. The highest BCUT2D eigenvalue weighted by Crippen LogP contribution is 2.39. The van der Waals surface area contributed by atoms with Crippen LogP contribution >= 0.6 is 0 Å². The molecule has 0 aliphatic carbocycles. The van der Waals surface area contributed by atoms with Crippen molar-refractivity contribution >= 4 is 17.1 Å². The third kappa shape index (κ3) is 3.29. The summed E-state index contributed by atoms with van der Waals surface area (Å²) in [4.78, 5) is 29.9. The second-order valence-corrected chi connectivity index (χ2v) is 4.18. The molecule has 0 unspecified atom stereocenters. The predicted molar refractivity (Wildman–Crippen MR) is 74.6 cm³/mol. The molecule has 0 atom stereocenters. The molecule has 2 rings (SSSR count). The lowest BCUT2D eigenvalue weighted by molar-refractivity contribution is -0.394. The number of benzene rings is 2. The average Bonchev–Trinajstić information content (AvgIpc) is 2.49. The lowest BCUT2D eigenvalue weighted by Crippen LogP contribution is -1.96. The van der Waals surface area contributed by atoms with Gasteiger partial charge in [0.25, 0.3) is 11.4 Å². The van der Waals surface area contributed by atoms with Gasteiger partial charge >= 0.3 is 5.69 Å². The SMILES string of the molecule is O=[N+]([O-])c1ccc(O)c(Oc2ccc([N+](=O)[O-])cc2[N+](=O)[O-])c1. The minimum Gasteiger partial charge on any atom is -0.504 e. The van der Waals surface area contributed by atoms with E-state index in [0.29, 0.717) is 6.07 Å². The number of nitro groups is 3. The summed E-state index contributed by atoms with van der Waals surface area (Å²) < 4.78 is 5.11. The molecule has 0 amide bonds. The topological polar surface area (TPSA) is 159 Å². The van der Waals surface area contributed by atoms with Gasteiger partial charge in [0.15, 0.2) is 11.5 Å². The number of non-ortho nitro benzene ring substituents is 2. The van der Waals surface area contributed by atoms with Crippen LogP contribution in [0.15, 0.2) is 36.4 Å². The van der Waals surface area contributed by atoms with Gasteiger partial charge in [0.1, 0.15) is 0 Å². The van der Waals surface area contributed by atoms with Crippen LogP contribution in [0, 0.1) is 30.3 Å². The molecule has 2 aromatic carbocycles. The van der Waals surface area contributed by atoms with Gasteiger partial charge in [-0.05, 0) is 12.1 Å². The quantitative estimate of drug-likeness (QED) is 0.649. The van der Waals surface area contributed by atoms with E-state index in [-0.39, 0.29) is 0 Å². The van der Waals surface area contributed by atoms with Gasteiger partial charge in [0, 0.05) is 12.1 Å². The van der Waals surface area contributed by atoms with Gasteiger partial charge in [0.2, 0.25) is 5.75 Å². The average molecular weight is 321 g/mol. The highest BCUT2D eigenvalue weighted by atomic mass is 16.6. The van der Waals surface area contributed by atoms with Crippen LogP contribution in [0.5, 0.6) is 17.2 Å². The number of ether oxygens (including phenoxy) is 1. The molecule has 0 aromatic heterocycles. The maximum atomic E-state index is 11.0. The summed E-state index contributed by atoms with van der Waals surface area (Å²) >= 11 is 0. The number of hydrogen-bond acceptors (Lipinski definition) is 8. The molecule has 0 saturated carbocycles. The first kappa shape index (κ1) is 15.6. The maximum Gasteiger partial charge on any atom is 0.318 e. The Balaban J connectivity index is 2.48. The van der Waals surface area contributed by atoms with Crippen LogP contribution in [0.3, 0.4) is 0 Å². The van der Waals surface area contributed by atoms with Crippen LogP contribution in [0.1, 0.15) is 0 Å². The number of aromatic hydroxyl groups is 1. The van der Waals surface area contributed by atoms with Crippen molar-refractivity contribution in [2.75, 3.05) is 0 Å². The van der Waals surface area contributed by atoms with E-state index in [1.165, 1.54) is 0 Å². The molecule has 23 heavy (non-hydrogen) atoms. The molecule has 0 spiro atoms. The Labute approximate surface area is 126 Å². The second-order valence-electron chi connectivity index (χ2n) is 4.18. The molecule has 0 aliphatic rings. The normalized spacial score (nSPS) is 10.1. The second kappa shape index (κ2) is 5.93. The number of phenols is 1. The van der Waals surface area contributed by atoms with E-state index in [2.05, 4.69) is 0 Å². The van der Waals surface area contributed by atoms with E-state index in [9.17, 15) is 35.4 Å². The molecule has 0 heterocycles. The van der Waals surface area contributed by atoms with Crippen molar-refractivity contribution in [2.45, 2.75) is 0 Å². The van der Waals surface area contributed by atoms with E-state index in [1.807, 2.05) is 0 Å². The van der Waals surface area contributed by atoms with Crippen molar-refractivity contribution in [3.05, 3.63) is 66.7 Å². The van der Waals surface area contributed by atoms with Crippen molar-refractivity contribution in [1.29, 1.82) is 0 Å². The lowest BCUT2D eigenvalue weighted by Gasteiger charge is -2.07. The van der Waals surface area contributed by atoms with Gasteiger partial charge < -0.3 is 9.84 Å². The molecule has 11 nitrogen and oxygen atoms in total. The molecule has 0 radical (unpaired) electrons. The smallest absolute Gasteiger partial charge is 0.318 e. The summed E-state index contributed by atoms with van der Waals surface area (Å²) in [5.74, 6) is -1.28. The Bertz CT molecular complexity index is 820. The third-order valence-electron chi connectivity index (χ3n) is 2.72. The molecular formula is C12H7N3O8. The summed E-state index contributed by atoms with van der Waals surface area (Å²) in [6, 6.07) is 5.51. The Morgan fingerprint density at radius 1 is 0.783 bits per heavy atom. The zero-order chi connectivity index (χ0) is 17.1. The fourth-order valence-corrected chi connectivity index (χ4v) is 1.66. The van der Waals surface area contributed by atoms with Gasteiger partial charge in [-0.25, -0.2) is 0 Å². The van der Waals surface area contributed by atoms with Gasteiger partial charge in [-0.1, -0.05) is 0 Å². The Morgan fingerprint density at radius 2 is 1.35 bits per heavy atom. The number of rotatable bonds is 5. The number of phenolic OH excluding ortho intramolecular Hbond substituents is 1. The van der Waals surface area contributed by atoms with Crippen molar-refractivity contribution in [3.8, 4) is 17.2 Å². The number of hydrogen-bond donors (Lipinski definition) is 1. The molecule has 0 saturated heterocycles. The molecule has 0 fully saturated rings. The third-order valence-corrected chi connectivity index (χ3v) is 2.72. The highest BCUT2D eigenvalue weighted by molar-refractivity contribution is 5.57. The fourth-order valence-electron chi connectivity index (χ4n) is 1.66. The van der Waals surface area contributed by atoms with Gasteiger partial charge in [-0.2, -0.15) is 0 Å². The van der Waals surface area contributed by atoms with Crippen LogP contribution in [0.4, 0.5) is 17.1 Å². The van der Waals surface area contributed by atoms with E-state index in [0.717, 1.165) is 30.3 Å². The molecule has 11 heteroatoms. The summed E-state index contributed by atoms with van der Waals surface area (Å²) in [6.07, 6.45) is 0. The fraction of sp³-hybridized carbons (Fsp3) is 0. The molecule has 118 valence electrons. The van der Waals surface area contributed by atoms with Crippen LogP contribution in [0.2, 0.25) is 0 Å². The Hall–Kier alpha value is -3.76. The van der Waals surface area contributed by atoms with E-state index in [1.54, 1.807) is 0 Å². The summed E-state index contributed by atoms with van der Waals surface area (Å²) in [5, 5.41) is 41.9. The summed E-state index contributed by atoms with van der Waals surface area (Å²) in [7, 11) is 0. The van der Waals surface area contributed by atoms with Crippen molar-refractivity contribution in [1.82, 2.24) is 0 Å². The van der Waals surface area contributed by atoms with Gasteiger partial charge in [-0.15, -0.1) is 0 Å². The van der Waals surface area contributed by atoms with E-state index >= 15 is 0 Å². The predicted octanol–water partition coefficient (Wildman–Crippen LogP) is 2.91. The molecular weight excluding hydrogens is 314 g/mol. The number of nitrogens with zero attached hydrogens (tertiary/aromatic N) is 3. The van der Waals surface area contributed by atoms with Crippen molar-refractivity contribution in [2.24, 2.45) is 0 Å². The van der Waals surface area contributed by atoms with Crippen LogP contribution in [-0.4, -0.2) is 19.9 Å². The maximum absolute atomic E-state index is 11.0. The van der Waals surface area contributed by atoms with Crippen molar-refractivity contribution < 1.29 is 24.6 Å². The minimum absolute atomic E-state index is 0.392. The Morgan fingerprint density at radius 3 is 1.91 bits per heavy atom. The van der Waals surface area contributed by atoms with Crippen molar-refractivity contribution in [3.63, 3.8) is 0 Å². The van der Waals surface area contributed by atoms with Crippen LogP contribution < -0.4 is 4.74 Å². The van der Waals surface area contributed by atoms with E-state index in [4.69, 9.17) is 4.74 Å². The molecule has 1 N–H and O–H groups in total. The largest absolute Gasteiger partial charge is 0.504 e. The first-order chi connectivity index (χ1) is 10.8. The lowest BCUT2D eigenvalue weighted by atomic mass is 10.2. The molecule has 2 aromatic rings. The Kier molecular flexibility index (Phi) is 4.03. The van der Waals surface area contributed by atoms with Gasteiger partial charge in [0.05, 0.1) is 26.9 Å². The van der Waals surface area contributed by atoms with Gasteiger partial charge in [-0.3, -0.25) is 30.3 Å². The number of nitro benzene ring substituents is 3. The monoisotopic (exact) mass is 321 g/mol. The first-order valence-electron chi connectivity index (χ1n) is 5.87. The molecule has 0 bridgehead atoms. The zero-order valence-electron chi connectivity index (χ0n) is 11.1. The summed E-state index contributed by atoms with van der Waals surface area (Å²) in [6.45, 7) is 0. The molecule has 0 aliphatic heterocycles. The minimum atomic E-state index is -0.906. The highest BCUT2D eigenvalue weighted by Gasteiger charge is 2.22. The van der Waals surface area contributed by atoms with Crippen LogP contribution in [0.25, 0.3) is 0 Å². The zero-order valence-corrected chi connectivity index (χ0v) is 11.1. The standard InChI is InChI=1S/C12H7N3O8/c16-10-3-1-8(14(19)20)6-12(10)23-11-4-2-7(13(17)18)5-9(11)15(21)22/h1-6,16H. The summed E-state index contributed by atoms with van der Waals surface area (Å²) in [5.41, 5.74) is -1.64.